The van der Waals surface area contributed by atoms with Crippen LogP contribution in [-0.2, 0) is 15.0 Å². The number of carbonyl (C=O) groups excluding carboxylic acids is 2. The number of nitrogens with one attached hydrogen (secondary N) is 2. The molecule has 3 aromatic rings. The number of aromatic hydroxyl groups is 1. The maximum absolute atomic E-state index is 13.0. The first-order chi connectivity index (χ1) is 13.8. The van der Waals surface area contributed by atoms with Gasteiger partial charge in [0.05, 0.1) is 16.8 Å². The molecule has 0 saturated carbocycles. The first-order valence-corrected chi connectivity index (χ1v) is 9.42. The van der Waals surface area contributed by atoms with Gasteiger partial charge < -0.3 is 10.4 Å². The summed E-state index contributed by atoms with van der Waals surface area (Å²) in [5.74, 6) is -0.504. The van der Waals surface area contributed by atoms with Crippen LogP contribution in [0.25, 0.3) is 11.5 Å². The summed E-state index contributed by atoms with van der Waals surface area (Å²) in [6, 6.07) is 6.59. The number of hydrogen-bond donors (Lipinski definition) is 3. The summed E-state index contributed by atoms with van der Waals surface area (Å²) >= 11 is 3.33. The molecule has 3 N–H and O–H groups in total. The van der Waals surface area contributed by atoms with Crippen molar-refractivity contribution in [2.75, 3.05) is 16.8 Å². The fraction of sp³-hybridized carbons (Fsp3) is 0.222. The number of amides is 2. The molecule has 2 amide bonds. The third-order valence-electron chi connectivity index (χ3n) is 4.73. The van der Waals surface area contributed by atoms with E-state index in [1.807, 2.05) is 0 Å². The third kappa shape index (κ3) is 3.23. The van der Waals surface area contributed by atoms with Crippen molar-refractivity contribution >= 4 is 39.1 Å². The van der Waals surface area contributed by atoms with Crippen LogP contribution in [0.3, 0.4) is 0 Å². The summed E-state index contributed by atoms with van der Waals surface area (Å²) < 4.78 is 0.654. The molecule has 2 aromatic heterocycles. The average Bonchev–Trinajstić information content (AvgIpc) is 3.25. The second-order valence-corrected chi connectivity index (χ2v) is 7.95. The smallest absolute Gasteiger partial charge is 0.244 e. The van der Waals surface area contributed by atoms with E-state index in [4.69, 9.17) is 0 Å². The number of hydrogen-bond acceptors (Lipinski definition) is 7. The lowest BCUT2D eigenvalue weighted by Gasteiger charge is -2.20. The number of aromatic nitrogens is 5. The van der Waals surface area contributed by atoms with E-state index in [1.165, 1.54) is 11.0 Å². The predicted octanol–water partition coefficient (Wildman–Crippen LogP) is 1.99. The van der Waals surface area contributed by atoms with Crippen LogP contribution in [0.5, 0.6) is 5.75 Å². The molecule has 1 aliphatic rings. The predicted molar refractivity (Wildman–Crippen MR) is 107 cm³/mol. The molecule has 0 unspecified atom stereocenters. The molecule has 1 aromatic carbocycles. The van der Waals surface area contributed by atoms with Crippen LogP contribution in [0.1, 0.15) is 19.4 Å². The number of nitrogens with zero attached hydrogens (tertiary/aromatic N) is 5. The third-order valence-corrected chi connectivity index (χ3v) is 5.19. The van der Waals surface area contributed by atoms with Crippen molar-refractivity contribution in [2.45, 2.75) is 19.3 Å². The van der Waals surface area contributed by atoms with Gasteiger partial charge in [-0.3, -0.25) is 19.5 Å². The number of pyridine rings is 1. The summed E-state index contributed by atoms with van der Waals surface area (Å²) in [5, 5.41) is 26.6. The highest BCUT2D eigenvalue weighted by Gasteiger charge is 2.46. The van der Waals surface area contributed by atoms with Crippen LogP contribution in [0.4, 0.5) is 11.4 Å². The van der Waals surface area contributed by atoms with Gasteiger partial charge in [-0.25, -0.2) is 5.10 Å². The summed E-state index contributed by atoms with van der Waals surface area (Å²) in [6.07, 6.45) is 1.55. The minimum Gasteiger partial charge on any atom is -0.506 e. The second kappa shape index (κ2) is 6.92. The van der Waals surface area contributed by atoms with E-state index in [-0.39, 0.29) is 18.2 Å². The van der Waals surface area contributed by atoms with E-state index in [0.717, 1.165) is 0 Å². The Labute approximate surface area is 173 Å². The molecule has 0 aliphatic carbocycles. The number of carbonyl (C=O) groups is 2. The SMILES string of the molecule is CC1(C)C(=O)N(CC(=O)Nc2cccnc2-c2nnn[nH]2)c2c(O)cc(Br)cc21. The second-order valence-electron chi connectivity index (χ2n) is 7.03. The number of phenolic OH excluding ortho intramolecular Hbond substituents is 1. The zero-order valence-electron chi connectivity index (χ0n) is 15.5. The van der Waals surface area contributed by atoms with Crippen LogP contribution in [0, 0.1) is 0 Å². The molecule has 29 heavy (non-hydrogen) atoms. The summed E-state index contributed by atoms with van der Waals surface area (Å²) in [6.45, 7) is 3.25. The molecule has 0 saturated heterocycles. The molecule has 10 nitrogen and oxygen atoms in total. The van der Waals surface area contributed by atoms with Crippen LogP contribution in [0.15, 0.2) is 34.9 Å². The van der Waals surface area contributed by atoms with E-state index >= 15 is 0 Å². The molecule has 0 radical (unpaired) electrons. The lowest BCUT2D eigenvalue weighted by molar-refractivity contribution is -0.124. The number of anilines is 2. The molecular weight excluding hydrogens is 442 g/mol. The highest BCUT2D eigenvalue weighted by molar-refractivity contribution is 9.10. The molecule has 0 bridgehead atoms. The standard InChI is InChI=1S/C18H16BrN7O3/c1-18(2)10-6-9(19)7-12(27)15(10)26(17(18)29)8-13(28)21-11-4-3-5-20-14(11)16-22-24-25-23-16/h3-7,27H,8H2,1-2H3,(H,21,28)(H,22,23,24,25). The number of benzene rings is 1. The Kier molecular flexibility index (Phi) is 4.53. The minimum atomic E-state index is -0.873. The molecule has 0 fully saturated rings. The zero-order valence-corrected chi connectivity index (χ0v) is 17.1. The normalized spacial score (nSPS) is 14.7. The van der Waals surface area contributed by atoms with E-state index < -0.39 is 11.3 Å². The van der Waals surface area contributed by atoms with Crippen molar-refractivity contribution < 1.29 is 14.7 Å². The average molecular weight is 458 g/mol. The van der Waals surface area contributed by atoms with Gasteiger partial charge in [0.2, 0.25) is 11.8 Å². The number of aromatic amines is 1. The van der Waals surface area contributed by atoms with Crippen molar-refractivity contribution in [1.29, 1.82) is 0 Å². The quantitative estimate of drug-likeness (QED) is 0.544. The van der Waals surface area contributed by atoms with Crippen LogP contribution < -0.4 is 10.2 Å². The molecular formula is C18H16BrN7O3. The van der Waals surface area contributed by atoms with Gasteiger partial charge in [-0.2, -0.15) is 0 Å². The first-order valence-electron chi connectivity index (χ1n) is 8.63. The topological polar surface area (TPSA) is 137 Å². The first kappa shape index (κ1) is 19.0. The Hall–Kier alpha value is -3.34. The fourth-order valence-electron chi connectivity index (χ4n) is 3.34. The van der Waals surface area contributed by atoms with Crippen LogP contribution in [0.2, 0.25) is 0 Å². The zero-order chi connectivity index (χ0) is 20.8. The molecule has 4 rings (SSSR count). The largest absolute Gasteiger partial charge is 0.506 e. The van der Waals surface area contributed by atoms with Gasteiger partial charge in [-0.1, -0.05) is 15.9 Å². The molecule has 0 atom stereocenters. The number of phenols is 1. The van der Waals surface area contributed by atoms with Gasteiger partial charge >= 0.3 is 0 Å². The maximum Gasteiger partial charge on any atom is 0.244 e. The van der Waals surface area contributed by atoms with Gasteiger partial charge in [-0.05, 0) is 54.1 Å². The Balaban J connectivity index is 1.62. The Morgan fingerprint density at radius 2 is 2.17 bits per heavy atom. The highest BCUT2D eigenvalue weighted by atomic mass is 79.9. The van der Waals surface area contributed by atoms with Gasteiger partial charge in [-0.15, -0.1) is 5.10 Å². The molecule has 11 heteroatoms. The van der Waals surface area contributed by atoms with Crippen molar-refractivity contribution in [3.63, 3.8) is 0 Å². The molecule has 3 heterocycles. The summed E-state index contributed by atoms with van der Waals surface area (Å²) in [4.78, 5) is 31.2. The Morgan fingerprint density at radius 1 is 1.38 bits per heavy atom. The van der Waals surface area contributed by atoms with Crippen LogP contribution >= 0.6 is 15.9 Å². The molecule has 0 spiro atoms. The van der Waals surface area contributed by atoms with E-state index in [2.05, 4.69) is 46.9 Å². The highest BCUT2D eigenvalue weighted by Crippen LogP contribution is 2.47. The number of halogens is 1. The van der Waals surface area contributed by atoms with Crippen molar-refractivity contribution in [1.82, 2.24) is 25.6 Å². The summed E-state index contributed by atoms with van der Waals surface area (Å²) in [7, 11) is 0. The minimum absolute atomic E-state index is 0.0732. The lowest BCUT2D eigenvalue weighted by atomic mass is 9.86. The van der Waals surface area contributed by atoms with Gasteiger partial charge in [0, 0.05) is 10.7 Å². The fourth-order valence-corrected chi connectivity index (χ4v) is 3.78. The number of rotatable bonds is 4. The van der Waals surface area contributed by atoms with Gasteiger partial charge in [0.15, 0.2) is 5.82 Å². The van der Waals surface area contributed by atoms with Crippen LogP contribution in [-0.4, -0.2) is 49.1 Å². The van der Waals surface area contributed by atoms with Crippen molar-refractivity contribution in [2.24, 2.45) is 0 Å². The number of tetrazole rings is 1. The lowest BCUT2D eigenvalue weighted by Crippen LogP contribution is -2.40. The van der Waals surface area contributed by atoms with Crippen molar-refractivity contribution in [3.05, 3.63) is 40.5 Å². The van der Waals surface area contributed by atoms with E-state index in [1.54, 1.807) is 38.2 Å². The summed E-state index contributed by atoms with van der Waals surface area (Å²) in [5.41, 5.74) is 0.872. The maximum atomic E-state index is 13.0. The van der Waals surface area contributed by atoms with E-state index in [9.17, 15) is 14.7 Å². The molecule has 1 aliphatic heterocycles. The number of fused-ring (bicyclic) bond motifs is 1. The van der Waals surface area contributed by atoms with Gasteiger partial charge in [0.25, 0.3) is 0 Å². The Morgan fingerprint density at radius 3 is 2.90 bits per heavy atom. The number of H-pyrrole nitrogens is 1. The monoisotopic (exact) mass is 457 g/mol. The van der Waals surface area contributed by atoms with Crippen molar-refractivity contribution in [3.8, 4) is 17.3 Å². The van der Waals surface area contributed by atoms with Gasteiger partial charge in [0.1, 0.15) is 18.0 Å². The Bertz CT molecular complexity index is 1110. The molecule has 148 valence electrons. The van der Waals surface area contributed by atoms with E-state index in [0.29, 0.717) is 32.9 Å².